The highest BCUT2D eigenvalue weighted by Crippen LogP contribution is 2.17. The number of nitrogens with one attached hydrogen (secondary N) is 2. The lowest BCUT2D eigenvalue weighted by molar-refractivity contribution is -0.138. The first kappa shape index (κ1) is 13.8. The standard InChI is InChI=1S/C10H14FN3O2S/c11-9(13)5-14-4-7-2-1-6(17-7)3-8(12)10(15)16/h1-2,8,13-14H,3-5,12H2,(H,15,16)/t8-/m0/s1. The van der Waals surface area contributed by atoms with Crippen LogP contribution in [0.5, 0.6) is 0 Å². The highest BCUT2D eigenvalue weighted by Gasteiger charge is 2.13. The van der Waals surface area contributed by atoms with Crippen molar-refractivity contribution in [2.75, 3.05) is 6.54 Å². The molecule has 0 saturated heterocycles. The van der Waals surface area contributed by atoms with Crippen molar-refractivity contribution in [3.8, 4) is 0 Å². The molecule has 0 aliphatic heterocycles. The molecule has 0 aromatic carbocycles. The van der Waals surface area contributed by atoms with E-state index in [1.54, 1.807) is 0 Å². The Balaban J connectivity index is 2.42. The summed E-state index contributed by atoms with van der Waals surface area (Å²) < 4.78 is 12.1. The minimum absolute atomic E-state index is 0.0954. The molecule has 1 aromatic heterocycles. The summed E-state index contributed by atoms with van der Waals surface area (Å²) in [6.07, 6.45) is 0.291. The predicted molar refractivity (Wildman–Crippen MR) is 64.2 cm³/mol. The number of carboxylic acid groups (broad SMARTS) is 1. The van der Waals surface area contributed by atoms with Crippen molar-refractivity contribution >= 4 is 23.3 Å². The van der Waals surface area contributed by atoms with Crippen LogP contribution >= 0.6 is 11.3 Å². The highest BCUT2D eigenvalue weighted by molar-refractivity contribution is 7.12. The third-order valence-electron chi connectivity index (χ3n) is 2.04. The summed E-state index contributed by atoms with van der Waals surface area (Å²) >= 11 is 1.43. The molecule has 5 nitrogen and oxygen atoms in total. The Morgan fingerprint density at radius 3 is 2.82 bits per heavy atom. The SMILES string of the molecule is N=C(F)CNCc1ccc(C[C@H](N)C(=O)O)s1. The van der Waals surface area contributed by atoms with Crippen molar-refractivity contribution in [2.24, 2.45) is 5.73 Å². The summed E-state index contributed by atoms with van der Waals surface area (Å²) in [6.45, 7) is 0.362. The lowest BCUT2D eigenvalue weighted by Gasteiger charge is -2.03. The number of hydrogen-bond acceptors (Lipinski definition) is 5. The molecule has 5 N–H and O–H groups in total. The average molecular weight is 259 g/mol. The third kappa shape index (κ3) is 5.03. The molecule has 0 spiro atoms. The molecular formula is C10H14FN3O2S. The third-order valence-corrected chi connectivity index (χ3v) is 3.14. The van der Waals surface area contributed by atoms with E-state index >= 15 is 0 Å². The molecule has 17 heavy (non-hydrogen) atoms. The van der Waals surface area contributed by atoms with Crippen LogP contribution in [0.2, 0.25) is 0 Å². The molecule has 0 fully saturated rings. The van der Waals surface area contributed by atoms with Crippen LogP contribution in [-0.2, 0) is 17.8 Å². The molecule has 0 aliphatic rings. The Bertz CT molecular complexity index is 408. The van der Waals surface area contributed by atoms with Crippen molar-refractivity contribution < 1.29 is 14.3 Å². The fourth-order valence-electron chi connectivity index (χ4n) is 1.23. The van der Waals surface area contributed by atoms with E-state index in [9.17, 15) is 9.18 Å². The van der Waals surface area contributed by atoms with Gasteiger partial charge in [-0.2, -0.15) is 4.39 Å². The van der Waals surface area contributed by atoms with E-state index in [1.165, 1.54) is 11.3 Å². The number of thiophene rings is 1. The van der Waals surface area contributed by atoms with Crippen LogP contribution in [0, 0.1) is 5.41 Å². The molecule has 7 heteroatoms. The van der Waals surface area contributed by atoms with Crippen LogP contribution in [0.1, 0.15) is 9.75 Å². The second-order valence-electron chi connectivity index (χ2n) is 3.53. The quantitative estimate of drug-likeness (QED) is 0.543. The van der Waals surface area contributed by atoms with E-state index in [-0.39, 0.29) is 6.54 Å². The van der Waals surface area contributed by atoms with Gasteiger partial charge in [-0.05, 0) is 12.1 Å². The number of halogens is 1. The van der Waals surface area contributed by atoms with Gasteiger partial charge in [0.05, 0.1) is 6.54 Å². The van der Waals surface area contributed by atoms with Gasteiger partial charge in [0, 0.05) is 22.7 Å². The normalized spacial score (nSPS) is 12.4. The largest absolute Gasteiger partial charge is 0.480 e. The number of carboxylic acids is 1. The van der Waals surface area contributed by atoms with Crippen LogP contribution in [-0.4, -0.2) is 29.6 Å². The maximum atomic E-state index is 12.1. The number of nitrogens with two attached hydrogens (primary N) is 1. The van der Waals surface area contributed by atoms with Gasteiger partial charge in [-0.1, -0.05) is 0 Å². The van der Waals surface area contributed by atoms with Gasteiger partial charge in [0.2, 0.25) is 0 Å². The summed E-state index contributed by atoms with van der Waals surface area (Å²) in [6, 6.07) is 2.75. The number of aliphatic carboxylic acids is 1. The number of hydrogen-bond donors (Lipinski definition) is 4. The zero-order chi connectivity index (χ0) is 12.8. The van der Waals surface area contributed by atoms with E-state index in [4.69, 9.17) is 16.2 Å². The summed E-state index contributed by atoms with van der Waals surface area (Å²) in [5.74, 6) is -1.93. The molecule has 1 rings (SSSR count). The molecular weight excluding hydrogens is 245 g/mol. The van der Waals surface area contributed by atoms with E-state index in [0.717, 1.165) is 9.75 Å². The first-order valence-corrected chi connectivity index (χ1v) is 5.80. The Morgan fingerprint density at radius 1 is 1.59 bits per heavy atom. The molecule has 0 amide bonds. The van der Waals surface area contributed by atoms with Gasteiger partial charge >= 0.3 is 5.97 Å². The van der Waals surface area contributed by atoms with Crippen molar-refractivity contribution in [1.29, 1.82) is 5.41 Å². The molecule has 0 radical (unpaired) electrons. The average Bonchev–Trinajstić information content (AvgIpc) is 2.65. The molecule has 1 aromatic rings. The van der Waals surface area contributed by atoms with Gasteiger partial charge in [0.15, 0.2) is 5.97 Å². The van der Waals surface area contributed by atoms with Crippen LogP contribution in [0.15, 0.2) is 12.1 Å². The van der Waals surface area contributed by atoms with Crippen molar-refractivity contribution in [3.63, 3.8) is 0 Å². The molecule has 1 atom stereocenters. The second-order valence-corrected chi connectivity index (χ2v) is 4.78. The van der Waals surface area contributed by atoms with E-state index in [0.29, 0.717) is 13.0 Å². The molecule has 0 bridgehead atoms. The summed E-state index contributed by atoms with van der Waals surface area (Å²) in [4.78, 5) is 12.4. The second kappa shape index (κ2) is 6.43. The fraction of sp³-hybridized carbons (Fsp3) is 0.400. The summed E-state index contributed by atoms with van der Waals surface area (Å²) in [5.41, 5.74) is 5.41. The van der Waals surface area contributed by atoms with Gasteiger partial charge in [-0.25, -0.2) is 0 Å². The zero-order valence-electron chi connectivity index (χ0n) is 9.07. The monoisotopic (exact) mass is 259 g/mol. The van der Waals surface area contributed by atoms with Gasteiger partial charge in [-0.15, -0.1) is 11.3 Å². The Morgan fingerprint density at radius 2 is 2.24 bits per heavy atom. The molecule has 0 saturated carbocycles. The summed E-state index contributed by atoms with van der Waals surface area (Å²) in [5, 5.41) is 18.0. The van der Waals surface area contributed by atoms with E-state index in [2.05, 4.69) is 5.32 Å². The van der Waals surface area contributed by atoms with Crippen molar-refractivity contribution in [3.05, 3.63) is 21.9 Å². The van der Waals surface area contributed by atoms with Crippen LogP contribution < -0.4 is 11.1 Å². The lowest BCUT2D eigenvalue weighted by atomic mass is 10.2. The van der Waals surface area contributed by atoms with Gasteiger partial charge < -0.3 is 16.2 Å². The smallest absolute Gasteiger partial charge is 0.320 e. The Kier molecular flexibility index (Phi) is 5.20. The van der Waals surface area contributed by atoms with Crippen LogP contribution in [0.25, 0.3) is 0 Å². The lowest BCUT2D eigenvalue weighted by Crippen LogP contribution is -2.31. The van der Waals surface area contributed by atoms with Crippen molar-refractivity contribution in [1.82, 2.24) is 5.32 Å². The Hall–Kier alpha value is -1.31. The van der Waals surface area contributed by atoms with Gasteiger partial charge in [0.1, 0.15) is 6.04 Å². The van der Waals surface area contributed by atoms with Crippen molar-refractivity contribution in [2.45, 2.75) is 19.0 Å². The summed E-state index contributed by atoms with van der Waals surface area (Å²) in [7, 11) is 0. The van der Waals surface area contributed by atoms with Gasteiger partial charge in [0.25, 0.3) is 0 Å². The topological polar surface area (TPSA) is 99.2 Å². The maximum absolute atomic E-state index is 12.1. The van der Waals surface area contributed by atoms with Crippen LogP contribution in [0.3, 0.4) is 0 Å². The van der Waals surface area contributed by atoms with E-state index < -0.39 is 18.0 Å². The highest BCUT2D eigenvalue weighted by atomic mass is 32.1. The minimum Gasteiger partial charge on any atom is -0.480 e. The predicted octanol–water partition coefficient (Wildman–Crippen LogP) is 0.739. The zero-order valence-corrected chi connectivity index (χ0v) is 9.89. The first-order valence-electron chi connectivity index (χ1n) is 4.98. The van der Waals surface area contributed by atoms with Crippen LogP contribution in [0.4, 0.5) is 4.39 Å². The van der Waals surface area contributed by atoms with E-state index in [1.807, 2.05) is 12.1 Å². The first-order chi connectivity index (χ1) is 7.99. The molecule has 0 unspecified atom stereocenters. The Labute approximate surface area is 102 Å². The minimum atomic E-state index is -1.02. The van der Waals surface area contributed by atoms with Gasteiger partial charge in [-0.3, -0.25) is 10.2 Å². The molecule has 0 aliphatic carbocycles. The fourth-order valence-corrected chi connectivity index (χ4v) is 2.27. The maximum Gasteiger partial charge on any atom is 0.320 e. The molecule has 94 valence electrons. The number of rotatable bonds is 7. The molecule has 1 heterocycles. The number of carbonyl (C=O) groups is 1.